The number of nitrogens with one attached hydrogen (secondary N) is 1. The maximum atomic E-state index is 12.4. The van der Waals surface area contributed by atoms with Crippen molar-refractivity contribution in [2.75, 3.05) is 13.1 Å². The van der Waals surface area contributed by atoms with Gasteiger partial charge in [-0.05, 0) is 55.7 Å². The third-order valence-electron chi connectivity index (χ3n) is 4.36. The fraction of sp³-hybridized carbons (Fsp3) is 0.350. The van der Waals surface area contributed by atoms with Crippen molar-refractivity contribution in [1.82, 2.24) is 9.62 Å². The van der Waals surface area contributed by atoms with Gasteiger partial charge in [-0.3, -0.25) is 4.79 Å². The highest BCUT2D eigenvalue weighted by Crippen LogP contribution is 2.13. The fourth-order valence-electron chi connectivity index (χ4n) is 2.62. The van der Waals surface area contributed by atoms with Crippen LogP contribution in [-0.4, -0.2) is 32.3 Å². The summed E-state index contributed by atoms with van der Waals surface area (Å²) in [5.41, 5.74) is 2.60. The van der Waals surface area contributed by atoms with Gasteiger partial charge in [0.1, 0.15) is 0 Å². The Morgan fingerprint density at radius 1 is 0.885 bits per heavy atom. The van der Waals surface area contributed by atoms with Crippen molar-refractivity contribution in [3.63, 3.8) is 0 Å². The molecule has 0 atom stereocenters. The molecule has 0 saturated heterocycles. The predicted octanol–water partition coefficient (Wildman–Crippen LogP) is 3.21. The van der Waals surface area contributed by atoms with Gasteiger partial charge in [0.25, 0.3) is 5.91 Å². The van der Waals surface area contributed by atoms with Gasteiger partial charge in [-0.15, -0.1) is 0 Å². The number of benzene rings is 2. The third-order valence-corrected chi connectivity index (χ3v) is 5.78. The van der Waals surface area contributed by atoms with Crippen LogP contribution < -0.4 is 4.72 Å². The lowest BCUT2D eigenvalue weighted by atomic mass is 10.1. The average Bonchev–Trinajstić information content (AvgIpc) is 2.68. The van der Waals surface area contributed by atoms with E-state index in [2.05, 4.69) is 11.6 Å². The summed E-state index contributed by atoms with van der Waals surface area (Å²) < 4.78 is 27.5. The molecule has 2 aromatic rings. The number of sulfonamides is 1. The van der Waals surface area contributed by atoms with Gasteiger partial charge in [-0.25, -0.2) is 13.1 Å². The molecule has 0 aliphatic rings. The van der Waals surface area contributed by atoms with E-state index in [4.69, 9.17) is 0 Å². The first-order valence-corrected chi connectivity index (χ1v) is 10.4. The fourth-order valence-corrected chi connectivity index (χ4v) is 3.64. The second-order valence-electron chi connectivity index (χ2n) is 6.00. The summed E-state index contributed by atoms with van der Waals surface area (Å²) >= 11 is 0. The lowest BCUT2D eigenvalue weighted by Gasteiger charge is -2.18. The maximum Gasteiger partial charge on any atom is 0.253 e. The second-order valence-corrected chi connectivity index (χ2v) is 7.76. The van der Waals surface area contributed by atoms with E-state index in [-0.39, 0.29) is 17.3 Å². The van der Waals surface area contributed by atoms with Crippen LogP contribution in [0.25, 0.3) is 0 Å². The first-order chi connectivity index (χ1) is 12.4. The lowest BCUT2D eigenvalue weighted by molar-refractivity contribution is 0.0773. The topological polar surface area (TPSA) is 66.5 Å². The van der Waals surface area contributed by atoms with E-state index in [1.165, 1.54) is 17.7 Å². The zero-order valence-corrected chi connectivity index (χ0v) is 16.3. The summed E-state index contributed by atoms with van der Waals surface area (Å²) in [6.45, 7) is 7.37. The molecule has 6 heteroatoms. The van der Waals surface area contributed by atoms with E-state index < -0.39 is 10.0 Å². The van der Waals surface area contributed by atoms with Crippen LogP contribution in [0.2, 0.25) is 0 Å². The van der Waals surface area contributed by atoms with Gasteiger partial charge in [-0.1, -0.05) is 31.2 Å². The van der Waals surface area contributed by atoms with Crippen LogP contribution >= 0.6 is 0 Å². The number of carbonyl (C=O) groups is 1. The zero-order chi connectivity index (χ0) is 19.2. The minimum absolute atomic E-state index is 0.0945. The molecule has 0 unspecified atom stereocenters. The Morgan fingerprint density at radius 3 is 1.92 bits per heavy atom. The molecule has 0 spiro atoms. The quantitative estimate of drug-likeness (QED) is 0.771. The molecule has 0 aliphatic carbocycles. The van der Waals surface area contributed by atoms with Crippen LogP contribution in [0.1, 0.15) is 42.3 Å². The van der Waals surface area contributed by atoms with Crippen molar-refractivity contribution >= 4 is 15.9 Å². The summed E-state index contributed by atoms with van der Waals surface area (Å²) in [4.78, 5) is 14.1. The van der Waals surface area contributed by atoms with Gasteiger partial charge in [0, 0.05) is 25.2 Å². The molecule has 0 radical (unpaired) electrons. The predicted molar refractivity (Wildman–Crippen MR) is 104 cm³/mol. The van der Waals surface area contributed by atoms with E-state index in [0.29, 0.717) is 18.7 Å². The van der Waals surface area contributed by atoms with Crippen molar-refractivity contribution in [2.24, 2.45) is 0 Å². The van der Waals surface area contributed by atoms with Crippen LogP contribution in [0.3, 0.4) is 0 Å². The molecular weight excluding hydrogens is 348 g/mol. The average molecular weight is 375 g/mol. The van der Waals surface area contributed by atoms with E-state index in [9.17, 15) is 13.2 Å². The normalized spacial score (nSPS) is 11.3. The maximum absolute atomic E-state index is 12.4. The lowest BCUT2D eigenvalue weighted by Crippen LogP contribution is -2.30. The Labute approximate surface area is 156 Å². The summed E-state index contributed by atoms with van der Waals surface area (Å²) in [5, 5.41) is 0. The molecule has 0 saturated carbocycles. The first-order valence-electron chi connectivity index (χ1n) is 8.88. The molecule has 2 rings (SSSR count). The number of amides is 1. The minimum atomic E-state index is -3.62. The van der Waals surface area contributed by atoms with E-state index in [1.54, 1.807) is 17.0 Å². The van der Waals surface area contributed by atoms with Crippen molar-refractivity contribution in [1.29, 1.82) is 0 Å². The standard InChI is InChI=1S/C20H26N2O3S/c1-4-16-7-9-17(10-8-16)15-21-26(24,25)19-13-11-18(12-14-19)20(23)22(5-2)6-3/h7-14,21H,4-6,15H2,1-3H3. The Hall–Kier alpha value is -2.18. The minimum Gasteiger partial charge on any atom is -0.339 e. The van der Waals surface area contributed by atoms with Crippen LogP contribution in [0, 0.1) is 0 Å². The summed E-state index contributed by atoms with van der Waals surface area (Å²) in [7, 11) is -3.62. The smallest absolute Gasteiger partial charge is 0.253 e. The van der Waals surface area contributed by atoms with Crippen molar-refractivity contribution in [3.05, 3.63) is 65.2 Å². The van der Waals surface area contributed by atoms with Crippen molar-refractivity contribution < 1.29 is 13.2 Å². The third kappa shape index (κ3) is 4.93. The highest BCUT2D eigenvalue weighted by molar-refractivity contribution is 7.89. The number of hydrogen-bond donors (Lipinski definition) is 1. The summed E-state index contributed by atoms with van der Waals surface area (Å²) in [6.07, 6.45) is 0.949. The second kappa shape index (κ2) is 8.96. The Bertz CT molecular complexity index is 824. The van der Waals surface area contributed by atoms with Gasteiger partial charge >= 0.3 is 0 Å². The number of hydrogen-bond acceptors (Lipinski definition) is 3. The van der Waals surface area contributed by atoms with Gasteiger partial charge in [0.05, 0.1) is 4.90 Å². The Morgan fingerprint density at radius 2 is 1.42 bits per heavy atom. The molecular formula is C20H26N2O3S. The molecule has 1 amide bonds. The van der Waals surface area contributed by atoms with Gasteiger partial charge in [0.15, 0.2) is 0 Å². The molecule has 5 nitrogen and oxygen atoms in total. The molecule has 0 bridgehead atoms. The number of aryl methyl sites for hydroxylation is 1. The van der Waals surface area contributed by atoms with Crippen LogP contribution in [0.15, 0.2) is 53.4 Å². The van der Waals surface area contributed by atoms with Gasteiger partial charge in [-0.2, -0.15) is 0 Å². The van der Waals surface area contributed by atoms with E-state index in [0.717, 1.165) is 12.0 Å². The molecule has 0 aromatic heterocycles. The van der Waals surface area contributed by atoms with E-state index >= 15 is 0 Å². The van der Waals surface area contributed by atoms with Crippen molar-refractivity contribution in [3.8, 4) is 0 Å². The Kier molecular flexibility index (Phi) is 6.94. The number of rotatable bonds is 8. The largest absolute Gasteiger partial charge is 0.339 e. The zero-order valence-electron chi connectivity index (χ0n) is 15.5. The van der Waals surface area contributed by atoms with E-state index in [1.807, 2.05) is 38.1 Å². The molecule has 140 valence electrons. The van der Waals surface area contributed by atoms with Crippen LogP contribution in [0.5, 0.6) is 0 Å². The Balaban J connectivity index is 2.07. The molecule has 26 heavy (non-hydrogen) atoms. The molecule has 0 heterocycles. The molecule has 0 fully saturated rings. The number of nitrogens with zero attached hydrogens (tertiary/aromatic N) is 1. The van der Waals surface area contributed by atoms with Gasteiger partial charge < -0.3 is 4.90 Å². The monoisotopic (exact) mass is 374 g/mol. The molecule has 0 aliphatic heterocycles. The van der Waals surface area contributed by atoms with Crippen molar-refractivity contribution in [2.45, 2.75) is 38.6 Å². The van der Waals surface area contributed by atoms with Gasteiger partial charge in [0.2, 0.25) is 10.0 Å². The highest BCUT2D eigenvalue weighted by Gasteiger charge is 2.16. The highest BCUT2D eigenvalue weighted by atomic mass is 32.2. The molecule has 1 N–H and O–H groups in total. The van der Waals surface area contributed by atoms with Crippen LogP contribution in [-0.2, 0) is 23.0 Å². The number of carbonyl (C=O) groups excluding carboxylic acids is 1. The SMILES string of the molecule is CCc1ccc(CNS(=O)(=O)c2ccc(C(=O)N(CC)CC)cc2)cc1. The summed E-state index contributed by atoms with van der Waals surface area (Å²) in [6, 6.07) is 13.9. The molecule has 2 aromatic carbocycles. The first kappa shape index (κ1) is 20.1. The van der Waals surface area contributed by atoms with Crippen LogP contribution in [0.4, 0.5) is 0 Å². The summed E-state index contributed by atoms with van der Waals surface area (Å²) in [5.74, 6) is -0.0945.